The predicted molar refractivity (Wildman–Crippen MR) is 113 cm³/mol. The van der Waals surface area contributed by atoms with Gasteiger partial charge in [-0.2, -0.15) is 0 Å². The minimum absolute atomic E-state index is 0.208. The normalized spacial score (nSPS) is 11.5. The van der Waals surface area contributed by atoms with E-state index in [2.05, 4.69) is 10.3 Å². The SMILES string of the molecule is CS(=O)(=O)c1ccc(NC(=O)c2cc(-c3cccs3)nc3ccccc23)cc1. The van der Waals surface area contributed by atoms with Crippen LogP contribution in [0.3, 0.4) is 0 Å². The third kappa shape index (κ3) is 3.67. The van der Waals surface area contributed by atoms with Crippen molar-refractivity contribution < 1.29 is 13.2 Å². The molecule has 0 aliphatic heterocycles. The van der Waals surface area contributed by atoms with Gasteiger partial charge in [0.05, 0.1) is 26.5 Å². The predicted octanol–water partition coefficient (Wildman–Crippen LogP) is 4.62. The van der Waals surface area contributed by atoms with E-state index in [1.807, 2.05) is 41.8 Å². The molecule has 0 radical (unpaired) electrons. The summed E-state index contributed by atoms with van der Waals surface area (Å²) in [7, 11) is -3.28. The van der Waals surface area contributed by atoms with Crippen molar-refractivity contribution in [2.75, 3.05) is 11.6 Å². The topological polar surface area (TPSA) is 76.1 Å². The van der Waals surface area contributed by atoms with Crippen LogP contribution in [-0.2, 0) is 9.84 Å². The minimum Gasteiger partial charge on any atom is -0.322 e. The lowest BCUT2D eigenvalue weighted by Crippen LogP contribution is -2.13. The molecular weight excluding hydrogens is 392 g/mol. The first-order valence-electron chi connectivity index (χ1n) is 8.47. The van der Waals surface area contributed by atoms with Gasteiger partial charge in [-0.1, -0.05) is 24.3 Å². The molecule has 0 saturated heterocycles. The molecule has 2 aromatic carbocycles. The molecule has 1 amide bonds. The van der Waals surface area contributed by atoms with Crippen molar-refractivity contribution in [2.45, 2.75) is 4.90 Å². The summed E-state index contributed by atoms with van der Waals surface area (Å²) < 4.78 is 23.2. The number of thiophene rings is 1. The van der Waals surface area contributed by atoms with Gasteiger partial charge in [-0.25, -0.2) is 13.4 Å². The standard InChI is InChI=1S/C21H16N2O3S2/c1-28(25,26)15-10-8-14(9-11-15)22-21(24)17-13-19(20-7-4-12-27-20)23-18-6-3-2-5-16(17)18/h2-13H,1H3,(H,22,24). The van der Waals surface area contributed by atoms with Gasteiger partial charge in [0.2, 0.25) is 0 Å². The number of anilines is 1. The lowest BCUT2D eigenvalue weighted by Gasteiger charge is -2.10. The third-order valence-corrected chi connectivity index (χ3v) is 6.30. The number of sulfone groups is 1. The fourth-order valence-corrected chi connectivity index (χ4v) is 4.21. The maximum Gasteiger partial charge on any atom is 0.256 e. The quantitative estimate of drug-likeness (QED) is 0.535. The molecule has 140 valence electrons. The zero-order valence-corrected chi connectivity index (χ0v) is 16.5. The minimum atomic E-state index is -3.28. The first kappa shape index (κ1) is 18.3. The van der Waals surface area contributed by atoms with Crippen LogP contribution in [0.25, 0.3) is 21.5 Å². The molecule has 4 rings (SSSR count). The Morgan fingerprint density at radius 2 is 1.75 bits per heavy atom. The Morgan fingerprint density at radius 3 is 2.43 bits per heavy atom. The molecule has 4 aromatic rings. The Kier molecular flexibility index (Phi) is 4.70. The number of pyridine rings is 1. The molecule has 0 fully saturated rings. The molecule has 0 saturated carbocycles. The number of amides is 1. The molecule has 0 bridgehead atoms. The number of nitrogens with one attached hydrogen (secondary N) is 1. The highest BCUT2D eigenvalue weighted by Gasteiger charge is 2.15. The van der Waals surface area contributed by atoms with Crippen molar-refractivity contribution in [3.8, 4) is 10.6 Å². The Balaban J connectivity index is 1.72. The summed E-state index contributed by atoms with van der Waals surface area (Å²) in [6.07, 6.45) is 1.15. The summed E-state index contributed by atoms with van der Waals surface area (Å²) in [4.78, 5) is 18.8. The summed E-state index contributed by atoms with van der Waals surface area (Å²) in [6, 6.07) is 19.3. The molecule has 0 spiro atoms. The van der Waals surface area contributed by atoms with Gasteiger partial charge in [-0.15, -0.1) is 11.3 Å². The second kappa shape index (κ2) is 7.18. The molecule has 5 nitrogen and oxygen atoms in total. The molecular formula is C21H16N2O3S2. The first-order valence-corrected chi connectivity index (χ1v) is 11.2. The average molecular weight is 409 g/mol. The fraction of sp³-hybridized carbons (Fsp3) is 0.0476. The number of fused-ring (bicyclic) bond motifs is 1. The molecule has 2 aromatic heterocycles. The van der Waals surface area contributed by atoms with Crippen LogP contribution in [0.4, 0.5) is 5.69 Å². The number of benzene rings is 2. The van der Waals surface area contributed by atoms with Gasteiger partial charge in [0.25, 0.3) is 5.91 Å². The Bertz CT molecular complexity index is 1260. The van der Waals surface area contributed by atoms with E-state index in [1.54, 1.807) is 29.5 Å². The molecule has 0 atom stereocenters. The summed E-state index contributed by atoms with van der Waals surface area (Å²) in [5, 5.41) is 5.57. The third-order valence-electron chi connectivity index (χ3n) is 4.27. The van der Waals surface area contributed by atoms with E-state index in [0.717, 1.165) is 27.7 Å². The lowest BCUT2D eigenvalue weighted by atomic mass is 10.1. The zero-order valence-electron chi connectivity index (χ0n) is 14.9. The highest BCUT2D eigenvalue weighted by molar-refractivity contribution is 7.90. The smallest absolute Gasteiger partial charge is 0.256 e. The van der Waals surface area contributed by atoms with Crippen LogP contribution in [0, 0.1) is 0 Å². The lowest BCUT2D eigenvalue weighted by molar-refractivity contribution is 0.102. The van der Waals surface area contributed by atoms with E-state index in [9.17, 15) is 13.2 Å². The maximum atomic E-state index is 13.0. The summed E-state index contributed by atoms with van der Waals surface area (Å²) >= 11 is 1.56. The first-order chi connectivity index (χ1) is 13.4. The molecule has 2 heterocycles. The highest BCUT2D eigenvalue weighted by atomic mass is 32.2. The summed E-state index contributed by atoms with van der Waals surface area (Å²) in [5.74, 6) is -0.275. The van der Waals surface area contributed by atoms with Crippen LogP contribution in [0.1, 0.15) is 10.4 Å². The summed E-state index contributed by atoms with van der Waals surface area (Å²) in [5.41, 5.74) is 2.52. The maximum absolute atomic E-state index is 13.0. The van der Waals surface area contributed by atoms with E-state index < -0.39 is 9.84 Å². The van der Waals surface area contributed by atoms with Gasteiger partial charge < -0.3 is 5.32 Å². The molecule has 1 N–H and O–H groups in total. The van der Waals surface area contributed by atoms with Crippen LogP contribution in [0.5, 0.6) is 0 Å². The number of hydrogen-bond acceptors (Lipinski definition) is 5. The monoisotopic (exact) mass is 408 g/mol. The van der Waals surface area contributed by atoms with Crippen LogP contribution < -0.4 is 5.32 Å². The molecule has 0 aliphatic carbocycles. The van der Waals surface area contributed by atoms with Crippen molar-refractivity contribution in [3.63, 3.8) is 0 Å². The molecule has 7 heteroatoms. The van der Waals surface area contributed by atoms with E-state index in [-0.39, 0.29) is 10.8 Å². The average Bonchev–Trinajstić information content (AvgIpc) is 3.21. The van der Waals surface area contributed by atoms with Crippen LogP contribution in [-0.4, -0.2) is 25.6 Å². The molecule has 28 heavy (non-hydrogen) atoms. The number of hydrogen-bond donors (Lipinski definition) is 1. The number of nitrogens with zero attached hydrogens (tertiary/aromatic N) is 1. The largest absolute Gasteiger partial charge is 0.322 e. The van der Waals surface area contributed by atoms with E-state index in [1.165, 1.54) is 12.1 Å². The van der Waals surface area contributed by atoms with Crippen molar-refractivity contribution in [2.24, 2.45) is 0 Å². The van der Waals surface area contributed by atoms with E-state index in [0.29, 0.717) is 11.3 Å². The number of para-hydroxylation sites is 1. The zero-order chi connectivity index (χ0) is 19.7. The van der Waals surface area contributed by atoms with Gasteiger partial charge >= 0.3 is 0 Å². The second-order valence-electron chi connectivity index (χ2n) is 6.30. The van der Waals surface area contributed by atoms with Crippen molar-refractivity contribution in [1.82, 2.24) is 4.98 Å². The highest BCUT2D eigenvalue weighted by Crippen LogP contribution is 2.28. The van der Waals surface area contributed by atoms with Gasteiger partial charge in [0, 0.05) is 17.3 Å². The van der Waals surface area contributed by atoms with E-state index in [4.69, 9.17) is 0 Å². The Labute approximate surface area is 166 Å². The van der Waals surface area contributed by atoms with Crippen LogP contribution in [0.15, 0.2) is 77.0 Å². The van der Waals surface area contributed by atoms with Gasteiger partial charge in [0.1, 0.15) is 0 Å². The van der Waals surface area contributed by atoms with Crippen molar-refractivity contribution in [1.29, 1.82) is 0 Å². The van der Waals surface area contributed by atoms with E-state index >= 15 is 0 Å². The van der Waals surface area contributed by atoms with Crippen LogP contribution in [0.2, 0.25) is 0 Å². The Hall–Kier alpha value is -3.03. The van der Waals surface area contributed by atoms with Crippen molar-refractivity contribution in [3.05, 3.63) is 77.7 Å². The number of carbonyl (C=O) groups excluding carboxylic acids is 1. The molecule has 0 unspecified atom stereocenters. The number of rotatable bonds is 4. The van der Waals surface area contributed by atoms with Gasteiger partial charge in [0.15, 0.2) is 9.84 Å². The number of aromatic nitrogens is 1. The van der Waals surface area contributed by atoms with Crippen molar-refractivity contribution >= 4 is 43.7 Å². The molecule has 0 aliphatic rings. The van der Waals surface area contributed by atoms with Gasteiger partial charge in [-0.05, 0) is 47.8 Å². The van der Waals surface area contributed by atoms with Crippen LogP contribution >= 0.6 is 11.3 Å². The Morgan fingerprint density at radius 1 is 1.00 bits per heavy atom. The van der Waals surface area contributed by atoms with Gasteiger partial charge in [-0.3, -0.25) is 4.79 Å². The fourth-order valence-electron chi connectivity index (χ4n) is 2.90. The number of carbonyl (C=O) groups is 1. The summed E-state index contributed by atoms with van der Waals surface area (Å²) in [6.45, 7) is 0. The second-order valence-corrected chi connectivity index (χ2v) is 9.26.